The average molecular weight is 367 g/mol. The summed E-state index contributed by atoms with van der Waals surface area (Å²) >= 11 is 5.96. The standard InChI is InChI=1S/C19H27ClN2O3/c1-14-12-16(9-10-17(14)20)25-11-5-8-18(23)21-13-19(24)22-15-6-3-2-4-7-15/h9-10,12,15H,2-8,11,13H2,1H3,(H,21,23)(H,22,24). The number of benzene rings is 1. The Morgan fingerprint density at radius 2 is 1.96 bits per heavy atom. The summed E-state index contributed by atoms with van der Waals surface area (Å²) < 4.78 is 5.60. The zero-order valence-corrected chi connectivity index (χ0v) is 15.5. The van der Waals surface area contributed by atoms with E-state index in [1.165, 1.54) is 19.3 Å². The topological polar surface area (TPSA) is 67.4 Å². The highest BCUT2D eigenvalue weighted by atomic mass is 35.5. The zero-order chi connectivity index (χ0) is 18.1. The van der Waals surface area contributed by atoms with Crippen LogP contribution < -0.4 is 15.4 Å². The van der Waals surface area contributed by atoms with Gasteiger partial charge in [-0.2, -0.15) is 0 Å². The molecule has 1 aliphatic rings. The number of nitrogens with one attached hydrogen (secondary N) is 2. The second-order valence-electron chi connectivity index (χ2n) is 6.54. The highest BCUT2D eigenvalue weighted by Crippen LogP contribution is 2.21. The second kappa shape index (κ2) is 10.3. The molecule has 0 spiro atoms. The first-order valence-corrected chi connectivity index (χ1v) is 9.37. The Morgan fingerprint density at radius 1 is 1.20 bits per heavy atom. The van der Waals surface area contributed by atoms with Gasteiger partial charge in [-0.25, -0.2) is 0 Å². The van der Waals surface area contributed by atoms with E-state index in [1.807, 2.05) is 19.1 Å². The van der Waals surface area contributed by atoms with E-state index in [4.69, 9.17) is 16.3 Å². The third kappa shape index (κ3) is 7.34. The number of carbonyl (C=O) groups is 2. The van der Waals surface area contributed by atoms with Gasteiger partial charge in [-0.1, -0.05) is 30.9 Å². The lowest BCUT2D eigenvalue weighted by Crippen LogP contribution is -2.42. The number of halogens is 1. The van der Waals surface area contributed by atoms with Crippen LogP contribution in [0.15, 0.2) is 18.2 Å². The number of amides is 2. The normalized spacial score (nSPS) is 14.8. The van der Waals surface area contributed by atoms with E-state index in [-0.39, 0.29) is 24.4 Å². The largest absolute Gasteiger partial charge is 0.494 e. The smallest absolute Gasteiger partial charge is 0.239 e. The van der Waals surface area contributed by atoms with Crippen LogP contribution in [0.2, 0.25) is 5.02 Å². The molecule has 0 saturated heterocycles. The molecule has 0 aromatic heterocycles. The fourth-order valence-electron chi connectivity index (χ4n) is 2.92. The van der Waals surface area contributed by atoms with Crippen molar-refractivity contribution in [2.45, 2.75) is 57.9 Å². The van der Waals surface area contributed by atoms with Crippen molar-refractivity contribution >= 4 is 23.4 Å². The summed E-state index contributed by atoms with van der Waals surface area (Å²) in [5, 5.41) is 6.35. The molecule has 0 unspecified atom stereocenters. The van der Waals surface area contributed by atoms with E-state index in [2.05, 4.69) is 10.6 Å². The summed E-state index contributed by atoms with van der Waals surface area (Å²) in [5.41, 5.74) is 0.959. The van der Waals surface area contributed by atoms with Crippen molar-refractivity contribution in [2.24, 2.45) is 0 Å². The number of carbonyl (C=O) groups excluding carboxylic acids is 2. The van der Waals surface area contributed by atoms with Crippen molar-refractivity contribution < 1.29 is 14.3 Å². The molecule has 0 heterocycles. The summed E-state index contributed by atoms with van der Waals surface area (Å²) in [6.45, 7) is 2.41. The molecular weight excluding hydrogens is 340 g/mol. The van der Waals surface area contributed by atoms with E-state index in [1.54, 1.807) is 6.07 Å². The van der Waals surface area contributed by atoms with E-state index in [0.29, 0.717) is 24.5 Å². The maximum Gasteiger partial charge on any atom is 0.239 e. The number of hydrogen-bond donors (Lipinski definition) is 2. The van der Waals surface area contributed by atoms with Crippen LogP contribution >= 0.6 is 11.6 Å². The van der Waals surface area contributed by atoms with Crippen LogP contribution in [0.5, 0.6) is 5.75 Å². The summed E-state index contributed by atoms with van der Waals surface area (Å²) in [5.74, 6) is 0.511. The second-order valence-corrected chi connectivity index (χ2v) is 6.95. The van der Waals surface area contributed by atoms with Gasteiger partial charge in [0, 0.05) is 17.5 Å². The van der Waals surface area contributed by atoms with Gasteiger partial charge < -0.3 is 15.4 Å². The van der Waals surface area contributed by atoms with Gasteiger partial charge in [0.25, 0.3) is 0 Å². The first kappa shape index (κ1) is 19.6. The molecule has 2 N–H and O–H groups in total. The maximum absolute atomic E-state index is 11.8. The summed E-state index contributed by atoms with van der Waals surface area (Å²) in [7, 11) is 0. The first-order valence-electron chi connectivity index (χ1n) is 8.99. The Labute approximate surface area is 154 Å². The van der Waals surface area contributed by atoms with Crippen LogP contribution in [-0.2, 0) is 9.59 Å². The monoisotopic (exact) mass is 366 g/mol. The Hall–Kier alpha value is -1.75. The lowest BCUT2D eigenvalue weighted by Gasteiger charge is -2.22. The van der Waals surface area contributed by atoms with E-state index >= 15 is 0 Å². The van der Waals surface area contributed by atoms with Gasteiger partial charge in [0.15, 0.2) is 0 Å². The van der Waals surface area contributed by atoms with Crippen LogP contribution in [0.3, 0.4) is 0 Å². The molecule has 5 nitrogen and oxygen atoms in total. The van der Waals surface area contributed by atoms with Gasteiger partial charge in [-0.15, -0.1) is 0 Å². The fraction of sp³-hybridized carbons (Fsp3) is 0.579. The molecule has 0 bridgehead atoms. The minimum atomic E-state index is -0.130. The minimum absolute atomic E-state index is 0.0482. The van der Waals surface area contributed by atoms with E-state index in [0.717, 1.165) is 24.2 Å². The van der Waals surface area contributed by atoms with Crippen LogP contribution in [0.1, 0.15) is 50.5 Å². The van der Waals surface area contributed by atoms with Gasteiger partial charge in [0.1, 0.15) is 5.75 Å². The molecule has 2 rings (SSSR count). The Kier molecular flexibility index (Phi) is 8.06. The van der Waals surface area contributed by atoms with Crippen LogP contribution in [0.25, 0.3) is 0 Å². The summed E-state index contributed by atoms with van der Waals surface area (Å²) in [6.07, 6.45) is 6.61. The van der Waals surface area contributed by atoms with Crippen molar-refractivity contribution in [1.29, 1.82) is 0 Å². The molecule has 1 fully saturated rings. The van der Waals surface area contributed by atoms with Crippen molar-refractivity contribution in [3.8, 4) is 5.75 Å². The highest BCUT2D eigenvalue weighted by Gasteiger charge is 2.15. The third-order valence-corrected chi connectivity index (χ3v) is 4.79. The zero-order valence-electron chi connectivity index (χ0n) is 14.8. The molecule has 1 aromatic carbocycles. The van der Waals surface area contributed by atoms with Crippen molar-refractivity contribution in [3.63, 3.8) is 0 Å². The molecule has 1 aromatic rings. The lowest BCUT2D eigenvalue weighted by molar-refractivity contribution is -0.126. The Balaban J connectivity index is 1.55. The molecule has 0 atom stereocenters. The molecule has 0 radical (unpaired) electrons. The molecule has 25 heavy (non-hydrogen) atoms. The molecule has 138 valence electrons. The summed E-state index contributed by atoms with van der Waals surface area (Å²) in [6, 6.07) is 5.75. The Morgan fingerprint density at radius 3 is 2.68 bits per heavy atom. The lowest BCUT2D eigenvalue weighted by atomic mass is 9.95. The molecule has 0 aliphatic heterocycles. The summed E-state index contributed by atoms with van der Waals surface area (Å²) in [4.78, 5) is 23.6. The van der Waals surface area contributed by atoms with Crippen molar-refractivity contribution in [3.05, 3.63) is 28.8 Å². The van der Waals surface area contributed by atoms with Gasteiger partial charge >= 0.3 is 0 Å². The number of ether oxygens (including phenoxy) is 1. The predicted molar refractivity (Wildman–Crippen MR) is 98.9 cm³/mol. The van der Waals surface area contributed by atoms with Crippen LogP contribution in [-0.4, -0.2) is 31.0 Å². The van der Waals surface area contributed by atoms with E-state index in [9.17, 15) is 9.59 Å². The third-order valence-electron chi connectivity index (χ3n) is 4.36. The van der Waals surface area contributed by atoms with Gasteiger partial charge in [0.05, 0.1) is 13.2 Å². The molecular formula is C19H27ClN2O3. The Bertz CT molecular complexity index is 586. The first-order chi connectivity index (χ1) is 12.0. The number of rotatable bonds is 8. The molecule has 6 heteroatoms. The number of aryl methyl sites for hydroxylation is 1. The van der Waals surface area contributed by atoms with Gasteiger partial charge in [-0.3, -0.25) is 9.59 Å². The van der Waals surface area contributed by atoms with Gasteiger partial charge in [-0.05, 0) is 49.9 Å². The quantitative estimate of drug-likeness (QED) is 0.693. The molecule has 1 aliphatic carbocycles. The SMILES string of the molecule is Cc1cc(OCCCC(=O)NCC(=O)NC2CCCCC2)ccc1Cl. The predicted octanol–water partition coefficient (Wildman–Crippen LogP) is 3.37. The molecule has 1 saturated carbocycles. The molecule has 2 amide bonds. The van der Waals surface area contributed by atoms with Crippen molar-refractivity contribution in [2.75, 3.05) is 13.2 Å². The van der Waals surface area contributed by atoms with Gasteiger partial charge in [0.2, 0.25) is 11.8 Å². The fourth-order valence-corrected chi connectivity index (χ4v) is 3.04. The van der Waals surface area contributed by atoms with Crippen molar-refractivity contribution in [1.82, 2.24) is 10.6 Å². The highest BCUT2D eigenvalue weighted by molar-refractivity contribution is 6.31. The minimum Gasteiger partial charge on any atom is -0.494 e. The number of hydrogen-bond acceptors (Lipinski definition) is 3. The maximum atomic E-state index is 11.8. The van der Waals surface area contributed by atoms with Crippen LogP contribution in [0, 0.1) is 6.92 Å². The van der Waals surface area contributed by atoms with E-state index < -0.39 is 0 Å². The van der Waals surface area contributed by atoms with Crippen LogP contribution in [0.4, 0.5) is 0 Å². The average Bonchev–Trinajstić information content (AvgIpc) is 2.61.